The number of nitrogens with two attached hydrogens (primary N) is 1. The molecule has 1 saturated heterocycles. The maximum Gasteiger partial charge on any atom is 0.170 e. The lowest BCUT2D eigenvalue weighted by Crippen LogP contribution is -2.34. The molecule has 1 aromatic rings. The molecular weight excluding hydrogens is 278 g/mol. The highest BCUT2D eigenvalue weighted by atomic mass is 19.1. The van der Waals surface area contributed by atoms with E-state index in [1.54, 1.807) is 4.90 Å². The summed E-state index contributed by atoms with van der Waals surface area (Å²) in [7, 11) is 3.91. The van der Waals surface area contributed by atoms with Gasteiger partial charge in [-0.1, -0.05) is 12.1 Å². The Hall–Kier alpha value is -1.89. The Morgan fingerprint density at radius 3 is 2.33 bits per heavy atom. The quantitative estimate of drug-likeness (QED) is 0.384. The Bertz CT molecular complexity index is 539. The maximum atomic E-state index is 14.2. The van der Waals surface area contributed by atoms with Crippen LogP contribution in [0.1, 0.15) is 12.5 Å². The van der Waals surface area contributed by atoms with Crippen molar-refractivity contribution in [2.45, 2.75) is 13.0 Å². The summed E-state index contributed by atoms with van der Waals surface area (Å²) in [6.07, 6.45) is 0. The van der Waals surface area contributed by atoms with Crippen LogP contribution in [0.3, 0.4) is 0 Å². The molecule has 116 valence electrons. The van der Waals surface area contributed by atoms with Gasteiger partial charge in [0.1, 0.15) is 17.3 Å². The van der Waals surface area contributed by atoms with Crippen molar-refractivity contribution < 1.29 is 14.0 Å². The van der Waals surface area contributed by atoms with Crippen LogP contribution in [0.5, 0.6) is 0 Å². The van der Waals surface area contributed by atoms with Gasteiger partial charge in [-0.05, 0) is 32.1 Å². The molecule has 0 saturated carbocycles. The zero-order valence-electron chi connectivity index (χ0n) is 12.3. The number of nitrogens with zero attached hydrogens (tertiary/aromatic N) is 3. The normalized spacial score (nSPS) is 23.1. The maximum absolute atomic E-state index is 14.2. The Kier molecular flexibility index (Phi) is 4.32. The van der Waals surface area contributed by atoms with E-state index in [1.807, 2.05) is 14.1 Å². The van der Waals surface area contributed by atoms with Gasteiger partial charge in [0.15, 0.2) is 5.84 Å². The van der Waals surface area contributed by atoms with Crippen molar-refractivity contribution in [1.29, 1.82) is 0 Å². The molecular formula is C14H20F2N4O. The zero-order chi connectivity index (χ0) is 15.7. The molecule has 0 amide bonds. The summed E-state index contributed by atoms with van der Waals surface area (Å²) in [6.45, 7) is 3.20. The van der Waals surface area contributed by atoms with Crippen molar-refractivity contribution in [3.8, 4) is 0 Å². The second-order valence-corrected chi connectivity index (χ2v) is 5.69. The second kappa shape index (κ2) is 5.85. The van der Waals surface area contributed by atoms with Gasteiger partial charge in [-0.25, -0.2) is 8.78 Å². The lowest BCUT2D eigenvalue weighted by atomic mass is 10.1. The van der Waals surface area contributed by atoms with Crippen molar-refractivity contribution >= 4 is 11.5 Å². The molecule has 2 unspecified atom stereocenters. The van der Waals surface area contributed by atoms with Gasteiger partial charge >= 0.3 is 0 Å². The molecule has 3 N–H and O–H groups in total. The highest BCUT2D eigenvalue weighted by Crippen LogP contribution is 2.31. The number of oxime groups is 1. The predicted octanol–water partition coefficient (Wildman–Crippen LogP) is 1.45. The van der Waals surface area contributed by atoms with Crippen molar-refractivity contribution in [3.05, 3.63) is 29.3 Å². The standard InChI is InChI=1S/C14H20F2N4O/c1-8-6-20(7-12(8)19(2)3)13-10(15)4-9(5-11(13)16)14(17)18-21/h4-5,8,12,21H,6-7H2,1-3H3,(H2,17,18). The molecule has 1 aliphatic heterocycles. The molecule has 0 spiro atoms. The SMILES string of the molecule is CC1CN(c2c(F)cc(C(N)=NO)cc2F)CC1N(C)C. The van der Waals surface area contributed by atoms with Gasteiger partial charge in [-0.3, -0.25) is 0 Å². The van der Waals surface area contributed by atoms with Crippen molar-refractivity contribution in [2.75, 3.05) is 32.1 Å². The lowest BCUT2D eigenvalue weighted by Gasteiger charge is -2.23. The van der Waals surface area contributed by atoms with E-state index in [4.69, 9.17) is 10.9 Å². The third-order valence-electron chi connectivity index (χ3n) is 3.97. The number of benzene rings is 1. The van der Waals surface area contributed by atoms with E-state index in [2.05, 4.69) is 17.0 Å². The first-order valence-corrected chi connectivity index (χ1v) is 6.73. The Morgan fingerprint density at radius 2 is 1.90 bits per heavy atom. The molecule has 1 aliphatic rings. The van der Waals surface area contributed by atoms with Crippen LogP contribution in [0.15, 0.2) is 17.3 Å². The minimum Gasteiger partial charge on any atom is -0.409 e. The van der Waals surface area contributed by atoms with Crippen LogP contribution in [0.25, 0.3) is 0 Å². The first kappa shape index (κ1) is 15.5. The third-order valence-corrected chi connectivity index (χ3v) is 3.97. The Morgan fingerprint density at radius 1 is 1.33 bits per heavy atom. The van der Waals surface area contributed by atoms with Gasteiger partial charge in [0.05, 0.1) is 0 Å². The minimum atomic E-state index is -0.705. The van der Waals surface area contributed by atoms with E-state index >= 15 is 0 Å². The number of likely N-dealkylation sites (N-methyl/N-ethyl adjacent to an activating group) is 1. The average Bonchev–Trinajstić information content (AvgIpc) is 2.78. The molecule has 0 radical (unpaired) electrons. The molecule has 1 aromatic carbocycles. The monoisotopic (exact) mass is 298 g/mol. The van der Waals surface area contributed by atoms with E-state index in [9.17, 15) is 8.78 Å². The van der Waals surface area contributed by atoms with Gasteiger partial charge in [0, 0.05) is 24.7 Å². The van der Waals surface area contributed by atoms with Crippen molar-refractivity contribution in [1.82, 2.24) is 4.90 Å². The van der Waals surface area contributed by atoms with E-state index in [0.717, 1.165) is 12.1 Å². The largest absolute Gasteiger partial charge is 0.409 e. The lowest BCUT2D eigenvalue weighted by molar-refractivity contribution is 0.266. The van der Waals surface area contributed by atoms with Crippen LogP contribution in [-0.2, 0) is 0 Å². The highest BCUT2D eigenvalue weighted by molar-refractivity contribution is 5.97. The molecule has 21 heavy (non-hydrogen) atoms. The van der Waals surface area contributed by atoms with Crippen LogP contribution in [-0.4, -0.2) is 49.2 Å². The smallest absolute Gasteiger partial charge is 0.170 e. The van der Waals surface area contributed by atoms with Gasteiger partial charge < -0.3 is 20.7 Å². The van der Waals surface area contributed by atoms with Crippen LogP contribution in [0.4, 0.5) is 14.5 Å². The van der Waals surface area contributed by atoms with E-state index in [1.165, 1.54) is 0 Å². The number of hydrogen-bond donors (Lipinski definition) is 2. The van der Waals surface area contributed by atoms with Gasteiger partial charge in [0.25, 0.3) is 0 Å². The number of hydrogen-bond acceptors (Lipinski definition) is 4. The fourth-order valence-corrected chi connectivity index (χ4v) is 2.88. The fraction of sp³-hybridized carbons (Fsp3) is 0.500. The van der Waals surface area contributed by atoms with E-state index in [0.29, 0.717) is 19.0 Å². The van der Waals surface area contributed by atoms with Crippen LogP contribution < -0.4 is 10.6 Å². The molecule has 0 aliphatic carbocycles. The van der Waals surface area contributed by atoms with Crippen molar-refractivity contribution in [2.24, 2.45) is 16.8 Å². The summed E-state index contributed by atoms with van der Waals surface area (Å²) in [5.74, 6) is -1.42. The fourth-order valence-electron chi connectivity index (χ4n) is 2.88. The first-order chi connectivity index (χ1) is 9.85. The second-order valence-electron chi connectivity index (χ2n) is 5.69. The van der Waals surface area contributed by atoms with Crippen LogP contribution >= 0.6 is 0 Å². The molecule has 2 atom stereocenters. The van der Waals surface area contributed by atoms with Crippen LogP contribution in [0.2, 0.25) is 0 Å². The topological polar surface area (TPSA) is 65.1 Å². The average molecular weight is 298 g/mol. The number of halogens is 2. The Labute approximate surface area is 122 Å². The van der Waals surface area contributed by atoms with Gasteiger partial charge in [-0.15, -0.1) is 0 Å². The van der Waals surface area contributed by atoms with Gasteiger partial charge in [-0.2, -0.15) is 0 Å². The molecule has 0 aromatic heterocycles. The summed E-state index contributed by atoms with van der Waals surface area (Å²) >= 11 is 0. The highest BCUT2D eigenvalue weighted by Gasteiger charge is 2.33. The molecule has 5 nitrogen and oxygen atoms in total. The summed E-state index contributed by atoms with van der Waals surface area (Å²) in [4.78, 5) is 3.77. The third kappa shape index (κ3) is 2.92. The van der Waals surface area contributed by atoms with E-state index < -0.39 is 11.6 Å². The van der Waals surface area contributed by atoms with Crippen LogP contribution in [0, 0.1) is 17.6 Å². The minimum absolute atomic E-state index is 0.0210. The molecule has 0 bridgehead atoms. The summed E-state index contributed by atoms with van der Waals surface area (Å²) < 4.78 is 28.5. The number of rotatable bonds is 3. The summed E-state index contributed by atoms with van der Waals surface area (Å²) in [6, 6.07) is 2.41. The number of anilines is 1. The summed E-state index contributed by atoms with van der Waals surface area (Å²) in [5.41, 5.74) is 5.33. The first-order valence-electron chi connectivity index (χ1n) is 6.73. The molecule has 1 fully saturated rings. The van der Waals surface area contributed by atoms with E-state index in [-0.39, 0.29) is 23.1 Å². The molecule has 7 heteroatoms. The predicted molar refractivity (Wildman–Crippen MR) is 77.7 cm³/mol. The molecule has 1 heterocycles. The Balaban J connectivity index is 2.34. The summed E-state index contributed by atoms with van der Waals surface area (Å²) in [5, 5.41) is 11.3. The zero-order valence-corrected chi connectivity index (χ0v) is 12.3. The van der Waals surface area contributed by atoms with Crippen molar-refractivity contribution in [3.63, 3.8) is 0 Å². The molecule has 2 rings (SSSR count). The number of amidine groups is 1. The van der Waals surface area contributed by atoms with Gasteiger partial charge in [0.2, 0.25) is 0 Å².